The van der Waals surface area contributed by atoms with E-state index in [1.165, 1.54) is 6.08 Å². The molecule has 0 spiro atoms. The van der Waals surface area contributed by atoms with Crippen molar-refractivity contribution in [3.8, 4) is 5.75 Å². The van der Waals surface area contributed by atoms with Crippen LogP contribution in [0.1, 0.15) is 37.0 Å². The Balaban J connectivity index is 2.92. The summed E-state index contributed by atoms with van der Waals surface area (Å²) in [6.07, 6.45) is 2.09. The van der Waals surface area contributed by atoms with Gasteiger partial charge in [-0.3, -0.25) is 0 Å². The summed E-state index contributed by atoms with van der Waals surface area (Å²) >= 11 is 0. The fourth-order valence-corrected chi connectivity index (χ4v) is 1.90. The molecule has 2 nitrogen and oxygen atoms in total. The first kappa shape index (κ1) is 15.4. The van der Waals surface area contributed by atoms with Gasteiger partial charge in [-0.1, -0.05) is 31.5 Å². The van der Waals surface area contributed by atoms with Crippen molar-refractivity contribution in [2.75, 3.05) is 0 Å². The van der Waals surface area contributed by atoms with Crippen LogP contribution in [-0.4, -0.2) is 5.97 Å². The normalized spacial score (nSPS) is 13.3. The van der Waals surface area contributed by atoms with E-state index < -0.39 is 11.8 Å². The van der Waals surface area contributed by atoms with E-state index >= 15 is 0 Å². The number of hydrogen-bond acceptors (Lipinski definition) is 2. The Bertz CT molecular complexity index is 480. The number of rotatable bonds is 4. The molecule has 19 heavy (non-hydrogen) atoms. The van der Waals surface area contributed by atoms with Crippen LogP contribution >= 0.6 is 0 Å². The molecule has 1 atom stereocenters. The Morgan fingerprint density at radius 3 is 2.32 bits per heavy atom. The lowest BCUT2D eigenvalue weighted by molar-refractivity contribution is -0.131. The fourth-order valence-electron chi connectivity index (χ4n) is 1.90. The van der Waals surface area contributed by atoms with Gasteiger partial charge in [0.1, 0.15) is 5.75 Å². The number of aryl methyl sites for hydroxylation is 3. The number of carbonyl (C=O) groups excluding carboxylic acids is 1. The van der Waals surface area contributed by atoms with Crippen molar-refractivity contribution in [2.24, 2.45) is 5.92 Å². The van der Waals surface area contributed by atoms with E-state index in [0.29, 0.717) is 5.75 Å². The van der Waals surface area contributed by atoms with Gasteiger partial charge < -0.3 is 4.74 Å². The van der Waals surface area contributed by atoms with Gasteiger partial charge in [-0.25, -0.2) is 4.79 Å². The second-order valence-electron chi connectivity index (χ2n) is 5.02. The van der Waals surface area contributed by atoms with E-state index in [0.717, 1.165) is 23.1 Å². The van der Waals surface area contributed by atoms with Gasteiger partial charge in [0.25, 0.3) is 0 Å². The van der Waals surface area contributed by atoms with Gasteiger partial charge in [0, 0.05) is 0 Å². The highest BCUT2D eigenvalue weighted by Crippen LogP contribution is 2.25. The molecule has 1 unspecified atom stereocenters. The van der Waals surface area contributed by atoms with Crippen molar-refractivity contribution in [1.29, 1.82) is 0 Å². The van der Waals surface area contributed by atoms with Crippen molar-refractivity contribution in [3.05, 3.63) is 40.7 Å². The Morgan fingerprint density at radius 1 is 1.32 bits per heavy atom. The highest BCUT2D eigenvalue weighted by molar-refractivity contribution is 5.88. The molecule has 1 aromatic rings. The first-order valence-electron chi connectivity index (χ1n) is 6.52. The predicted molar refractivity (Wildman–Crippen MR) is 74.9 cm³/mol. The number of halogens is 1. The third-order valence-electron chi connectivity index (χ3n) is 3.07. The van der Waals surface area contributed by atoms with Gasteiger partial charge in [0.05, 0.1) is 0 Å². The van der Waals surface area contributed by atoms with Crippen LogP contribution < -0.4 is 4.74 Å². The van der Waals surface area contributed by atoms with Crippen molar-refractivity contribution >= 4 is 5.97 Å². The smallest absolute Gasteiger partial charge is 0.372 e. The maximum atomic E-state index is 13.6. The summed E-state index contributed by atoms with van der Waals surface area (Å²) in [6.45, 7) is 9.45. The van der Waals surface area contributed by atoms with E-state index in [2.05, 4.69) is 0 Å². The third-order valence-corrected chi connectivity index (χ3v) is 3.07. The molecule has 0 aliphatic carbocycles. The Hall–Kier alpha value is -1.64. The average Bonchev–Trinajstić information content (AvgIpc) is 2.32. The number of allylic oxidation sites excluding steroid dienone is 1. The molecule has 0 heterocycles. The molecule has 1 aromatic carbocycles. The van der Waals surface area contributed by atoms with Gasteiger partial charge in [0.2, 0.25) is 5.83 Å². The number of esters is 1. The largest absolute Gasteiger partial charge is 0.421 e. The maximum Gasteiger partial charge on any atom is 0.372 e. The van der Waals surface area contributed by atoms with Crippen molar-refractivity contribution < 1.29 is 13.9 Å². The van der Waals surface area contributed by atoms with E-state index in [4.69, 9.17) is 4.74 Å². The molecule has 0 N–H and O–H groups in total. The zero-order valence-corrected chi connectivity index (χ0v) is 12.2. The van der Waals surface area contributed by atoms with Gasteiger partial charge in [0.15, 0.2) is 0 Å². The van der Waals surface area contributed by atoms with Crippen LogP contribution in [0.2, 0.25) is 0 Å². The van der Waals surface area contributed by atoms with Crippen LogP contribution in [-0.2, 0) is 4.79 Å². The van der Waals surface area contributed by atoms with E-state index in [9.17, 15) is 9.18 Å². The first-order valence-corrected chi connectivity index (χ1v) is 6.52. The first-order chi connectivity index (χ1) is 8.85. The predicted octanol–water partition coefficient (Wildman–Crippen LogP) is 4.42. The summed E-state index contributed by atoms with van der Waals surface area (Å²) in [5, 5.41) is 0. The van der Waals surface area contributed by atoms with E-state index in [1.807, 2.05) is 46.8 Å². The fraction of sp³-hybridized carbons (Fsp3) is 0.438. The molecule has 3 heteroatoms. The van der Waals surface area contributed by atoms with Gasteiger partial charge in [-0.2, -0.15) is 4.39 Å². The Labute approximate surface area is 114 Å². The minimum absolute atomic E-state index is 0.0211. The molecule has 104 valence electrons. The molecule has 0 radical (unpaired) electrons. The molecule has 0 saturated carbocycles. The lowest BCUT2D eigenvalue weighted by Crippen LogP contribution is -2.11. The lowest BCUT2D eigenvalue weighted by Gasteiger charge is -2.11. The molecule has 0 aliphatic heterocycles. The summed E-state index contributed by atoms with van der Waals surface area (Å²) in [6, 6.07) is 3.82. The minimum atomic E-state index is -0.921. The van der Waals surface area contributed by atoms with Crippen LogP contribution in [0, 0.1) is 26.7 Å². The zero-order chi connectivity index (χ0) is 14.6. The summed E-state index contributed by atoms with van der Waals surface area (Å²) in [5.74, 6) is -1.28. The molecular weight excluding hydrogens is 243 g/mol. The van der Waals surface area contributed by atoms with Gasteiger partial charge >= 0.3 is 5.97 Å². The minimum Gasteiger partial charge on any atom is -0.421 e. The highest BCUT2D eigenvalue weighted by atomic mass is 19.1. The number of hydrogen-bond donors (Lipinski definition) is 0. The van der Waals surface area contributed by atoms with Crippen LogP contribution in [0.3, 0.4) is 0 Å². The average molecular weight is 264 g/mol. The van der Waals surface area contributed by atoms with Crippen LogP contribution in [0.15, 0.2) is 24.0 Å². The summed E-state index contributed by atoms with van der Waals surface area (Å²) in [4.78, 5) is 11.7. The quantitative estimate of drug-likeness (QED) is 0.457. The second kappa shape index (κ2) is 6.50. The Kier molecular flexibility index (Phi) is 5.28. The van der Waals surface area contributed by atoms with Crippen LogP contribution in [0.25, 0.3) is 0 Å². The molecule has 0 aromatic heterocycles. The van der Waals surface area contributed by atoms with E-state index in [-0.39, 0.29) is 5.92 Å². The zero-order valence-electron chi connectivity index (χ0n) is 12.2. The maximum absolute atomic E-state index is 13.6. The third kappa shape index (κ3) is 4.19. The van der Waals surface area contributed by atoms with Gasteiger partial charge in [-0.05, 0) is 50.3 Å². The molecule has 0 bridgehead atoms. The van der Waals surface area contributed by atoms with Crippen molar-refractivity contribution in [1.82, 2.24) is 0 Å². The molecule has 0 fully saturated rings. The number of benzene rings is 1. The number of ether oxygens (including phenoxy) is 1. The van der Waals surface area contributed by atoms with Crippen LogP contribution in [0.5, 0.6) is 5.75 Å². The highest BCUT2D eigenvalue weighted by Gasteiger charge is 2.15. The van der Waals surface area contributed by atoms with E-state index in [1.54, 1.807) is 0 Å². The second-order valence-corrected chi connectivity index (χ2v) is 5.02. The topological polar surface area (TPSA) is 26.3 Å². The summed E-state index contributed by atoms with van der Waals surface area (Å²) < 4.78 is 18.8. The number of carbonyl (C=O) groups is 1. The summed E-state index contributed by atoms with van der Waals surface area (Å²) in [5.41, 5.74) is 2.76. The van der Waals surface area contributed by atoms with Gasteiger partial charge in [-0.15, -0.1) is 0 Å². The molecular formula is C16H21FO2. The SMILES string of the molecule is CCC(C)/C=C(\F)C(=O)Oc1c(C)cc(C)cc1C. The van der Waals surface area contributed by atoms with Crippen molar-refractivity contribution in [2.45, 2.75) is 41.0 Å². The molecule has 1 rings (SSSR count). The molecule has 0 aliphatic rings. The Morgan fingerprint density at radius 2 is 1.84 bits per heavy atom. The molecule has 0 saturated heterocycles. The van der Waals surface area contributed by atoms with Crippen molar-refractivity contribution in [3.63, 3.8) is 0 Å². The summed E-state index contributed by atoms with van der Waals surface area (Å²) in [7, 11) is 0. The van der Waals surface area contributed by atoms with Crippen LogP contribution in [0.4, 0.5) is 4.39 Å². The monoisotopic (exact) mass is 264 g/mol. The molecule has 0 amide bonds. The standard InChI is InChI=1S/C16H21FO2/c1-6-10(2)9-14(17)16(18)19-15-12(4)7-11(3)8-13(15)5/h7-10H,6H2,1-5H3/b14-9-. The lowest BCUT2D eigenvalue weighted by atomic mass is 10.1.